The van der Waals surface area contributed by atoms with Gasteiger partial charge in [0.15, 0.2) is 0 Å². The van der Waals surface area contributed by atoms with Gasteiger partial charge >= 0.3 is 5.97 Å². The fourth-order valence-corrected chi connectivity index (χ4v) is 4.24. The Bertz CT molecular complexity index is 747. The number of carboxylic acids is 1. The van der Waals surface area contributed by atoms with Crippen molar-refractivity contribution in [2.45, 2.75) is 31.7 Å². The summed E-state index contributed by atoms with van der Waals surface area (Å²) in [6, 6.07) is 13.1. The van der Waals surface area contributed by atoms with Crippen molar-refractivity contribution in [3.63, 3.8) is 0 Å². The summed E-state index contributed by atoms with van der Waals surface area (Å²) in [4.78, 5) is 20.8. The third-order valence-electron chi connectivity index (χ3n) is 5.78. The maximum absolute atomic E-state index is 11.1. The number of aromatic nitrogens is 1. The first-order valence-corrected chi connectivity index (χ1v) is 9.28. The molecule has 0 bridgehead atoms. The van der Waals surface area contributed by atoms with Crippen LogP contribution in [0.1, 0.15) is 25.7 Å². The number of aliphatic carboxylic acids is 1. The highest BCUT2D eigenvalue weighted by atomic mass is 16.4. The van der Waals surface area contributed by atoms with E-state index in [0.717, 1.165) is 63.2 Å². The zero-order valence-electron chi connectivity index (χ0n) is 14.5. The number of hydrogen-bond donors (Lipinski definition) is 1. The number of piperazine rings is 1. The van der Waals surface area contributed by atoms with Gasteiger partial charge in [-0.25, -0.2) is 4.98 Å². The summed E-state index contributed by atoms with van der Waals surface area (Å²) in [5.74, 6) is 0.318. The quantitative estimate of drug-likeness (QED) is 0.932. The van der Waals surface area contributed by atoms with Gasteiger partial charge in [-0.05, 0) is 43.9 Å². The van der Waals surface area contributed by atoms with Gasteiger partial charge in [0.05, 0.1) is 11.4 Å². The summed E-state index contributed by atoms with van der Waals surface area (Å²) >= 11 is 0. The number of carboxylic acid groups (broad SMARTS) is 1. The predicted molar refractivity (Wildman–Crippen MR) is 98.9 cm³/mol. The molecule has 2 fully saturated rings. The van der Waals surface area contributed by atoms with Crippen LogP contribution in [0.25, 0.3) is 10.9 Å². The van der Waals surface area contributed by atoms with E-state index in [-0.39, 0.29) is 5.92 Å². The fourth-order valence-electron chi connectivity index (χ4n) is 4.24. The van der Waals surface area contributed by atoms with E-state index in [1.165, 1.54) is 5.39 Å². The highest BCUT2D eigenvalue weighted by molar-refractivity contribution is 5.80. The molecule has 1 saturated heterocycles. The highest BCUT2D eigenvalue weighted by Gasteiger charge is 2.31. The van der Waals surface area contributed by atoms with Gasteiger partial charge in [-0.3, -0.25) is 9.69 Å². The van der Waals surface area contributed by atoms with Crippen LogP contribution in [0.5, 0.6) is 0 Å². The van der Waals surface area contributed by atoms with Gasteiger partial charge < -0.3 is 10.0 Å². The van der Waals surface area contributed by atoms with Crippen molar-refractivity contribution < 1.29 is 9.90 Å². The Balaban J connectivity index is 1.35. The third kappa shape index (κ3) is 3.47. The Kier molecular flexibility index (Phi) is 4.57. The van der Waals surface area contributed by atoms with E-state index in [1.54, 1.807) is 0 Å². The van der Waals surface area contributed by atoms with Crippen LogP contribution >= 0.6 is 0 Å². The van der Waals surface area contributed by atoms with Crippen molar-refractivity contribution in [2.24, 2.45) is 5.92 Å². The molecule has 2 aliphatic rings. The maximum Gasteiger partial charge on any atom is 0.306 e. The Morgan fingerprint density at radius 3 is 2.40 bits per heavy atom. The first kappa shape index (κ1) is 16.3. The number of pyridine rings is 1. The standard InChI is InChI=1S/C20H25N3O2/c24-20(25)16-5-8-17(9-6-16)22-11-13-23(14-12-22)19-10-7-15-3-1-2-4-18(15)21-19/h1-4,7,10,16-17H,5-6,8-9,11-14H2,(H,24,25). The molecule has 132 valence electrons. The number of benzene rings is 1. The number of fused-ring (bicyclic) bond motifs is 1. The summed E-state index contributed by atoms with van der Waals surface area (Å²) in [6.07, 6.45) is 3.69. The van der Waals surface area contributed by atoms with Crippen LogP contribution in [0.15, 0.2) is 36.4 Å². The Morgan fingerprint density at radius 2 is 1.68 bits per heavy atom. The van der Waals surface area contributed by atoms with Crippen LogP contribution in [-0.4, -0.2) is 53.2 Å². The summed E-state index contributed by atoms with van der Waals surface area (Å²) in [6.45, 7) is 4.06. The van der Waals surface area contributed by atoms with Crippen molar-refractivity contribution >= 4 is 22.7 Å². The van der Waals surface area contributed by atoms with E-state index < -0.39 is 5.97 Å². The molecule has 25 heavy (non-hydrogen) atoms. The minimum absolute atomic E-state index is 0.126. The average molecular weight is 339 g/mol. The molecule has 4 rings (SSSR count). The number of para-hydroxylation sites is 1. The van der Waals surface area contributed by atoms with Gasteiger partial charge in [-0.1, -0.05) is 18.2 Å². The maximum atomic E-state index is 11.1. The molecule has 1 N–H and O–H groups in total. The lowest BCUT2D eigenvalue weighted by atomic mass is 9.85. The van der Waals surface area contributed by atoms with Crippen LogP contribution in [-0.2, 0) is 4.79 Å². The molecular weight excluding hydrogens is 314 g/mol. The number of anilines is 1. The van der Waals surface area contributed by atoms with Crippen molar-refractivity contribution in [3.8, 4) is 0 Å². The molecule has 2 aromatic rings. The molecule has 0 unspecified atom stereocenters. The van der Waals surface area contributed by atoms with Crippen molar-refractivity contribution in [3.05, 3.63) is 36.4 Å². The fraction of sp³-hybridized carbons (Fsp3) is 0.500. The lowest BCUT2D eigenvalue weighted by Gasteiger charge is -2.41. The molecule has 1 aliphatic heterocycles. The summed E-state index contributed by atoms with van der Waals surface area (Å²) in [5.41, 5.74) is 1.05. The molecule has 0 spiro atoms. The second-order valence-corrected chi connectivity index (χ2v) is 7.23. The molecule has 5 nitrogen and oxygen atoms in total. The molecule has 0 amide bonds. The van der Waals surface area contributed by atoms with E-state index in [1.807, 2.05) is 12.1 Å². The summed E-state index contributed by atoms with van der Waals surface area (Å²) in [7, 11) is 0. The van der Waals surface area contributed by atoms with Gasteiger partial charge in [-0.2, -0.15) is 0 Å². The molecule has 1 saturated carbocycles. The zero-order valence-corrected chi connectivity index (χ0v) is 14.5. The number of hydrogen-bond acceptors (Lipinski definition) is 4. The lowest BCUT2D eigenvalue weighted by molar-refractivity contribution is -0.143. The molecule has 1 aromatic carbocycles. The first-order chi connectivity index (χ1) is 12.2. The lowest BCUT2D eigenvalue weighted by Crippen LogP contribution is -2.51. The van der Waals surface area contributed by atoms with Crippen LogP contribution in [0, 0.1) is 5.92 Å². The predicted octanol–water partition coefficient (Wildman–Crippen LogP) is 3.00. The highest BCUT2D eigenvalue weighted by Crippen LogP contribution is 2.29. The molecule has 1 aliphatic carbocycles. The monoisotopic (exact) mass is 339 g/mol. The van der Waals surface area contributed by atoms with Gasteiger partial charge in [-0.15, -0.1) is 0 Å². The summed E-state index contributed by atoms with van der Waals surface area (Å²) < 4.78 is 0. The van der Waals surface area contributed by atoms with E-state index >= 15 is 0 Å². The second kappa shape index (κ2) is 7.00. The van der Waals surface area contributed by atoms with Gasteiger partial charge in [0.1, 0.15) is 5.82 Å². The molecule has 1 aromatic heterocycles. The van der Waals surface area contributed by atoms with Gasteiger partial charge in [0, 0.05) is 37.6 Å². The van der Waals surface area contributed by atoms with Crippen LogP contribution in [0.2, 0.25) is 0 Å². The zero-order chi connectivity index (χ0) is 17.2. The number of nitrogens with zero attached hydrogens (tertiary/aromatic N) is 3. The molecule has 0 radical (unpaired) electrons. The van der Waals surface area contributed by atoms with Crippen molar-refractivity contribution in [1.29, 1.82) is 0 Å². The van der Waals surface area contributed by atoms with Crippen LogP contribution < -0.4 is 4.90 Å². The third-order valence-corrected chi connectivity index (χ3v) is 5.78. The first-order valence-electron chi connectivity index (χ1n) is 9.28. The second-order valence-electron chi connectivity index (χ2n) is 7.23. The largest absolute Gasteiger partial charge is 0.481 e. The molecule has 5 heteroatoms. The Hall–Kier alpha value is -2.14. The van der Waals surface area contributed by atoms with Crippen molar-refractivity contribution in [1.82, 2.24) is 9.88 Å². The SMILES string of the molecule is O=C(O)C1CCC(N2CCN(c3ccc4ccccc4n3)CC2)CC1. The molecule has 2 heterocycles. The molecule has 0 atom stereocenters. The van der Waals surface area contributed by atoms with Crippen LogP contribution in [0.4, 0.5) is 5.82 Å². The normalized spacial score (nSPS) is 25.2. The average Bonchev–Trinajstić information content (AvgIpc) is 2.68. The minimum atomic E-state index is -0.620. The van der Waals surface area contributed by atoms with Crippen molar-refractivity contribution in [2.75, 3.05) is 31.1 Å². The number of rotatable bonds is 3. The number of carbonyl (C=O) groups is 1. The van der Waals surface area contributed by atoms with E-state index in [4.69, 9.17) is 10.1 Å². The molecular formula is C20H25N3O2. The Labute approximate surface area is 148 Å². The van der Waals surface area contributed by atoms with E-state index in [2.05, 4.69) is 34.1 Å². The Morgan fingerprint density at radius 1 is 0.960 bits per heavy atom. The van der Waals surface area contributed by atoms with E-state index in [0.29, 0.717) is 6.04 Å². The topological polar surface area (TPSA) is 56.7 Å². The minimum Gasteiger partial charge on any atom is -0.481 e. The van der Waals surface area contributed by atoms with E-state index in [9.17, 15) is 4.79 Å². The van der Waals surface area contributed by atoms with Gasteiger partial charge in [0.2, 0.25) is 0 Å². The summed E-state index contributed by atoms with van der Waals surface area (Å²) in [5, 5.41) is 10.3. The van der Waals surface area contributed by atoms with Crippen LogP contribution in [0.3, 0.4) is 0 Å². The smallest absolute Gasteiger partial charge is 0.306 e. The van der Waals surface area contributed by atoms with Gasteiger partial charge in [0.25, 0.3) is 0 Å².